The largest absolute Gasteiger partial charge is 0.493 e. The van der Waals surface area contributed by atoms with Crippen LogP contribution >= 0.6 is 15.9 Å². The number of hydrogen-bond acceptors (Lipinski definition) is 5. The number of ether oxygens (including phenoxy) is 3. The van der Waals surface area contributed by atoms with Crippen molar-refractivity contribution in [2.45, 2.75) is 6.04 Å². The van der Waals surface area contributed by atoms with Gasteiger partial charge >= 0.3 is 0 Å². The molecule has 1 atom stereocenters. The third kappa shape index (κ3) is 3.98. The zero-order valence-corrected chi connectivity index (χ0v) is 17.0. The SMILES string of the molecule is COc1cc(C(c2cccc(Br)c2)N2CCNCC2)cc(OC)c1OC. The average molecular weight is 421 g/mol. The first kappa shape index (κ1) is 19.0. The Morgan fingerprint density at radius 2 is 1.58 bits per heavy atom. The van der Waals surface area contributed by atoms with Crippen molar-refractivity contribution in [2.75, 3.05) is 47.5 Å². The molecule has 1 aliphatic rings. The van der Waals surface area contributed by atoms with Crippen molar-refractivity contribution in [3.63, 3.8) is 0 Å². The van der Waals surface area contributed by atoms with Crippen molar-refractivity contribution in [1.29, 1.82) is 0 Å². The lowest BCUT2D eigenvalue weighted by Crippen LogP contribution is -2.45. The number of halogens is 1. The molecule has 1 N–H and O–H groups in total. The Bertz CT molecular complexity index is 723. The van der Waals surface area contributed by atoms with Gasteiger partial charge < -0.3 is 19.5 Å². The molecule has 1 unspecified atom stereocenters. The number of methoxy groups -OCH3 is 3. The minimum atomic E-state index is 0.114. The van der Waals surface area contributed by atoms with E-state index >= 15 is 0 Å². The van der Waals surface area contributed by atoms with Crippen LogP contribution in [0.25, 0.3) is 0 Å². The third-order valence-electron chi connectivity index (χ3n) is 4.68. The van der Waals surface area contributed by atoms with Gasteiger partial charge in [-0.15, -0.1) is 0 Å². The number of benzene rings is 2. The molecule has 0 bridgehead atoms. The summed E-state index contributed by atoms with van der Waals surface area (Å²) >= 11 is 3.61. The van der Waals surface area contributed by atoms with Crippen LogP contribution in [0.3, 0.4) is 0 Å². The van der Waals surface area contributed by atoms with E-state index in [0.29, 0.717) is 17.2 Å². The second kappa shape index (κ2) is 8.75. The smallest absolute Gasteiger partial charge is 0.203 e. The number of nitrogens with zero attached hydrogens (tertiary/aromatic N) is 1. The molecule has 3 rings (SSSR count). The van der Waals surface area contributed by atoms with Gasteiger partial charge in [-0.25, -0.2) is 0 Å². The lowest BCUT2D eigenvalue weighted by Gasteiger charge is -2.36. The summed E-state index contributed by atoms with van der Waals surface area (Å²) in [6.45, 7) is 3.92. The van der Waals surface area contributed by atoms with Gasteiger partial charge in [-0.05, 0) is 35.4 Å². The quantitative estimate of drug-likeness (QED) is 0.774. The van der Waals surface area contributed by atoms with E-state index in [0.717, 1.165) is 36.2 Å². The normalized spacial score (nSPS) is 16.2. The summed E-state index contributed by atoms with van der Waals surface area (Å²) in [5.41, 5.74) is 2.36. The van der Waals surface area contributed by atoms with Crippen LogP contribution in [0.5, 0.6) is 17.2 Å². The molecule has 1 fully saturated rings. The number of rotatable bonds is 6. The molecule has 1 saturated heterocycles. The summed E-state index contributed by atoms with van der Waals surface area (Å²) in [6, 6.07) is 12.7. The first-order valence-electron chi connectivity index (χ1n) is 8.68. The Hall–Kier alpha value is -1.76. The van der Waals surface area contributed by atoms with Crippen molar-refractivity contribution >= 4 is 15.9 Å². The molecule has 2 aromatic rings. The Balaban J connectivity index is 2.12. The van der Waals surface area contributed by atoms with E-state index in [1.54, 1.807) is 21.3 Å². The van der Waals surface area contributed by atoms with Crippen LogP contribution in [-0.4, -0.2) is 52.4 Å². The van der Waals surface area contributed by atoms with E-state index < -0.39 is 0 Å². The fraction of sp³-hybridized carbons (Fsp3) is 0.400. The van der Waals surface area contributed by atoms with E-state index in [-0.39, 0.29) is 6.04 Å². The van der Waals surface area contributed by atoms with Crippen LogP contribution < -0.4 is 19.5 Å². The maximum absolute atomic E-state index is 5.57. The van der Waals surface area contributed by atoms with Gasteiger partial charge in [0.15, 0.2) is 11.5 Å². The van der Waals surface area contributed by atoms with Crippen molar-refractivity contribution in [2.24, 2.45) is 0 Å². The average Bonchev–Trinajstić information content (AvgIpc) is 2.68. The van der Waals surface area contributed by atoms with Crippen LogP contribution in [-0.2, 0) is 0 Å². The predicted octanol–water partition coefficient (Wildman–Crippen LogP) is 3.47. The highest BCUT2D eigenvalue weighted by atomic mass is 79.9. The Morgan fingerprint density at radius 1 is 0.923 bits per heavy atom. The van der Waals surface area contributed by atoms with Gasteiger partial charge in [0, 0.05) is 30.7 Å². The second-order valence-electron chi connectivity index (χ2n) is 6.20. The van der Waals surface area contributed by atoms with Crippen molar-refractivity contribution < 1.29 is 14.2 Å². The zero-order valence-electron chi connectivity index (χ0n) is 15.4. The summed E-state index contributed by atoms with van der Waals surface area (Å²) in [5.74, 6) is 1.97. The van der Waals surface area contributed by atoms with E-state index in [1.165, 1.54) is 5.56 Å². The summed E-state index contributed by atoms with van der Waals surface area (Å²) in [5, 5.41) is 3.43. The topological polar surface area (TPSA) is 43.0 Å². The fourth-order valence-electron chi connectivity index (χ4n) is 3.49. The Kier molecular flexibility index (Phi) is 6.40. The van der Waals surface area contributed by atoms with Gasteiger partial charge in [-0.3, -0.25) is 4.90 Å². The molecule has 0 aromatic heterocycles. The minimum Gasteiger partial charge on any atom is -0.493 e. The Labute approximate surface area is 163 Å². The Morgan fingerprint density at radius 3 is 2.12 bits per heavy atom. The lowest BCUT2D eigenvalue weighted by atomic mass is 9.95. The molecule has 26 heavy (non-hydrogen) atoms. The van der Waals surface area contributed by atoms with Gasteiger partial charge in [-0.2, -0.15) is 0 Å². The molecule has 2 aromatic carbocycles. The van der Waals surface area contributed by atoms with Crippen molar-refractivity contribution in [3.8, 4) is 17.2 Å². The molecule has 0 aliphatic carbocycles. The van der Waals surface area contributed by atoms with E-state index in [1.807, 2.05) is 6.07 Å². The molecule has 0 saturated carbocycles. The summed E-state index contributed by atoms with van der Waals surface area (Å²) in [4.78, 5) is 2.49. The predicted molar refractivity (Wildman–Crippen MR) is 107 cm³/mol. The van der Waals surface area contributed by atoms with Gasteiger partial charge in [0.2, 0.25) is 5.75 Å². The molecule has 140 valence electrons. The van der Waals surface area contributed by atoms with Crippen LogP contribution in [0, 0.1) is 0 Å². The van der Waals surface area contributed by atoms with Crippen molar-refractivity contribution in [1.82, 2.24) is 10.2 Å². The molecule has 0 spiro atoms. The second-order valence-corrected chi connectivity index (χ2v) is 7.12. The summed E-state index contributed by atoms with van der Waals surface area (Å²) < 4.78 is 17.7. The first-order valence-corrected chi connectivity index (χ1v) is 9.47. The zero-order chi connectivity index (χ0) is 18.5. The summed E-state index contributed by atoms with van der Waals surface area (Å²) in [7, 11) is 4.93. The minimum absolute atomic E-state index is 0.114. The monoisotopic (exact) mass is 420 g/mol. The fourth-order valence-corrected chi connectivity index (χ4v) is 3.91. The molecular formula is C20H25BrN2O3. The van der Waals surface area contributed by atoms with E-state index in [2.05, 4.69) is 56.5 Å². The first-order chi connectivity index (χ1) is 12.7. The lowest BCUT2D eigenvalue weighted by molar-refractivity contribution is 0.197. The van der Waals surface area contributed by atoms with Crippen LogP contribution in [0.2, 0.25) is 0 Å². The third-order valence-corrected chi connectivity index (χ3v) is 5.18. The highest BCUT2D eigenvalue weighted by Gasteiger charge is 2.26. The van der Waals surface area contributed by atoms with Crippen LogP contribution in [0.15, 0.2) is 40.9 Å². The molecule has 1 heterocycles. The highest BCUT2D eigenvalue weighted by molar-refractivity contribution is 9.10. The highest BCUT2D eigenvalue weighted by Crippen LogP contribution is 2.42. The van der Waals surface area contributed by atoms with Crippen molar-refractivity contribution in [3.05, 3.63) is 52.0 Å². The van der Waals surface area contributed by atoms with Gasteiger partial charge in [0.25, 0.3) is 0 Å². The molecular weight excluding hydrogens is 396 g/mol. The van der Waals surface area contributed by atoms with Crippen LogP contribution in [0.4, 0.5) is 0 Å². The summed E-state index contributed by atoms with van der Waals surface area (Å²) in [6.07, 6.45) is 0. The van der Waals surface area contributed by atoms with E-state index in [4.69, 9.17) is 14.2 Å². The maximum atomic E-state index is 5.57. The van der Waals surface area contributed by atoms with Gasteiger partial charge in [0.1, 0.15) is 0 Å². The molecule has 6 heteroatoms. The van der Waals surface area contributed by atoms with Crippen LogP contribution in [0.1, 0.15) is 17.2 Å². The molecule has 5 nitrogen and oxygen atoms in total. The van der Waals surface area contributed by atoms with E-state index in [9.17, 15) is 0 Å². The number of piperazine rings is 1. The number of hydrogen-bond donors (Lipinski definition) is 1. The maximum Gasteiger partial charge on any atom is 0.203 e. The van der Waals surface area contributed by atoms with Gasteiger partial charge in [-0.1, -0.05) is 28.1 Å². The number of nitrogens with one attached hydrogen (secondary N) is 1. The molecule has 0 amide bonds. The standard InChI is InChI=1S/C20H25BrN2O3/c1-24-17-12-15(13-18(25-2)20(17)26-3)19(23-9-7-22-8-10-23)14-5-4-6-16(21)11-14/h4-6,11-13,19,22H,7-10H2,1-3H3. The molecule has 0 radical (unpaired) electrons. The molecule has 1 aliphatic heterocycles. The van der Waals surface area contributed by atoms with Gasteiger partial charge in [0.05, 0.1) is 27.4 Å².